The molecule has 2 amide bonds. The molecule has 6 nitrogen and oxygen atoms in total. The van der Waals surface area contributed by atoms with Gasteiger partial charge in [0.1, 0.15) is 0 Å². The average Bonchev–Trinajstić information content (AvgIpc) is 2.55. The SMILES string of the molecule is CC(C)C(=O)Nc1cccc(NC(=O)[C@H](C)N2CCN(C)CC2)c1. The molecule has 2 N–H and O–H groups in total. The van der Waals surface area contributed by atoms with Gasteiger partial charge in [0, 0.05) is 43.5 Å². The first-order chi connectivity index (χ1) is 11.4. The zero-order chi connectivity index (χ0) is 17.7. The number of rotatable bonds is 5. The fourth-order valence-electron chi connectivity index (χ4n) is 2.58. The minimum atomic E-state index is -0.174. The maximum atomic E-state index is 12.5. The van der Waals surface area contributed by atoms with E-state index < -0.39 is 0 Å². The Morgan fingerprint density at radius 2 is 1.50 bits per heavy atom. The molecule has 1 heterocycles. The minimum absolute atomic E-state index is 0.0214. The highest BCUT2D eigenvalue weighted by Crippen LogP contribution is 2.17. The number of piperazine rings is 1. The van der Waals surface area contributed by atoms with Gasteiger partial charge in [-0.25, -0.2) is 0 Å². The summed E-state index contributed by atoms with van der Waals surface area (Å²) in [4.78, 5) is 28.7. The Balaban J connectivity index is 1.95. The molecule has 1 fully saturated rings. The summed E-state index contributed by atoms with van der Waals surface area (Å²) in [7, 11) is 2.10. The van der Waals surface area contributed by atoms with Crippen molar-refractivity contribution in [2.45, 2.75) is 26.8 Å². The van der Waals surface area contributed by atoms with Gasteiger partial charge in [-0.05, 0) is 32.2 Å². The number of amides is 2. The summed E-state index contributed by atoms with van der Waals surface area (Å²) < 4.78 is 0. The van der Waals surface area contributed by atoms with E-state index in [1.165, 1.54) is 0 Å². The number of nitrogens with zero attached hydrogens (tertiary/aromatic N) is 2. The lowest BCUT2D eigenvalue weighted by Gasteiger charge is -2.35. The van der Waals surface area contributed by atoms with Crippen molar-refractivity contribution < 1.29 is 9.59 Å². The smallest absolute Gasteiger partial charge is 0.241 e. The number of anilines is 2. The van der Waals surface area contributed by atoms with Crippen LogP contribution in [0.15, 0.2) is 24.3 Å². The van der Waals surface area contributed by atoms with E-state index in [0.29, 0.717) is 11.4 Å². The molecule has 6 heteroatoms. The minimum Gasteiger partial charge on any atom is -0.326 e. The Morgan fingerprint density at radius 1 is 0.958 bits per heavy atom. The van der Waals surface area contributed by atoms with Crippen LogP contribution in [0.4, 0.5) is 11.4 Å². The fourth-order valence-corrected chi connectivity index (χ4v) is 2.58. The van der Waals surface area contributed by atoms with Crippen molar-refractivity contribution in [1.82, 2.24) is 9.80 Å². The molecule has 1 saturated heterocycles. The number of hydrogen-bond acceptors (Lipinski definition) is 4. The summed E-state index contributed by atoms with van der Waals surface area (Å²) in [6.07, 6.45) is 0. The summed E-state index contributed by atoms with van der Waals surface area (Å²) in [6, 6.07) is 7.09. The molecule has 0 bridgehead atoms. The Bertz CT molecular complexity index is 580. The zero-order valence-corrected chi connectivity index (χ0v) is 15.0. The third-order valence-corrected chi connectivity index (χ3v) is 4.39. The Kier molecular flexibility index (Phi) is 6.34. The van der Waals surface area contributed by atoms with Crippen LogP contribution in [0.3, 0.4) is 0 Å². The highest BCUT2D eigenvalue weighted by atomic mass is 16.2. The molecule has 1 aromatic carbocycles. The molecule has 132 valence electrons. The van der Waals surface area contributed by atoms with Gasteiger partial charge in [0.2, 0.25) is 11.8 Å². The fraction of sp³-hybridized carbons (Fsp3) is 0.556. The lowest BCUT2D eigenvalue weighted by atomic mass is 10.2. The zero-order valence-electron chi connectivity index (χ0n) is 15.0. The second-order valence-corrected chi connectivity index (χ2v) is 6.73. The van der Waals surface area contributed by atoms with Crippen LogP contribution in [0.1, 0.15) is 20.8 Å². The van der Waals surface area contributed by atoms with E-state index in [-0.39, 0.29) is 23.8 Å². The van der Waals surface area contributed by atoms with E-state index in [9.17, 15) is 9.59 Å². The van der Waals surface area contributed by atoms with Crippen molar-refractivity contribution in [2.75, 3.05) is 43.9 Å². The Morgan fingerprint density at radius 3 is 2.04 bits per heavy atom. The van der Waals surface area contributed by atoms with Gasteiger partial charge in [0.25, 0.3) is 0 Å². The molecular formula is C18H28N4O2. The molecule has 0 aromatic heterocycles. The topological polar surface area (TPSA) is 64.7 Å². The molecule has 0 saturated carbocycles. The highest BCUT2D eigenvalue weighted by molar-refractivity contribution is 5.96. The molecule has 1 aliphatic heterocycles. The second-order valence-electron chi connectivity index (χ2n) is 6.73. The van der Waals surface area contributed by atoms with E-state index in [1.807, 2.05) is 39.0 Å². The van der Waals surface area contributed by atoms with Crippen LogP contribution in [-0.2, 0) is 9.59 Å². The van der Waals surface area contributed by atoms with Crippen molar-refractivity contribution in [2.24, 2.45) is 5.92 Å². The van der Waals surface area contributed by atoms with Gasteiger partial charge in [-0.2, -0.15) is 0 Å². The first-order valence-electron chi connectivity index (χ1n) is 8.51. The summed E-state index contributed by atoms with van der Waals surface area (Å²) in [5, 5.41) is 5.79. The van der Waals surface area contributed by atoms with Crippen LogP contribution in [-0.4, -0.2) is 60.9 Å². The van der Waals surface area contributed by atoms with E-state index in [4.69, 9.17) is 0 Å². The standard InChI is InChI=1S/C18H28N4O2/c1-13(2)17(23)19-15-6-5-7-16(12-15)20-18(24)14(3)22-10-8-21(4)9-11-22/h5-7,12-14H,8-11H2,1-4H3,(H,19,23)(H,20,24)/t14-/m0/s1. The average molecular weight is 332 g/mol. The maximum Gasteiger partial charge on any atom is 0.241 e. The predicted octanol–water partition coefficient (Wildman–Crippen LogP) is 1.86. The van der Waals surface area contributed by atoms with Gasteiger partial charge in [-0.15, -0.1) is 0 Å². The van der Waals surface area contributed by atoms with Gasteiger partial charge >= 0.3 is 0 Å². The third-order valence-electron chi connectivity index (χ3n) is 4.39. The monoisotopic (exact) mass is 332 g/mol. The molecular weight excluding hydrogens is 304 g/mol. The third kappa shape index (κ3) is 5.04. The highest BCUT2D eigenvalue weighted by Gasteiger charge is 2.24. The lowest BCUT2D eigenvalue weighted by Crippen LogP contribution is -2.51. The molecule has 2 rings (SSSR count). The van der Waals surface area contributed by atoms with Crippen LogP contribution < -0.4 is 10.6 Å². The molecule has 1 aliphatic rings. The van der Waals surface area contributed by atoms with E-state index in [0.717, 1.165) is 26.2 Å². The van der Waals surface area contributed by atoms with E-state index in [2.05, 4.69) is 27.5 Å². The van der Waals surface area contributed by atoms with Gasteiger partial charge in [0.15, 0.2) is 0 Å². The van der Waals surface area contributed by atoms with Crippen LogP contribution in [0, 0.1) is 5.92 Å². The molecule has 1 aromatic rings. The van der Waals surface area contributed by atoms with E-state index >= 15 is 0 Å². The molecule has 1 atom stereocenters. The van der Waals surface area contributed by atoms with Gasteiger partial charge in [0.05, 0.1) is 6.04 Å². The maximum absolute atomic E-state index is 12.5. The Hall–Kier alpha value is -1.92. The van der Waals surface area contributed by atoms with Crippen molar-refractivity contribution in [3.63, 3.8) is 0 Å². The normalized spacial score (nSPS) is 17.5. The second kappa shape index (κ2) is 8.26. The molecule has 0 aliphatic carbocycles. The van der Waals surface area contributed by atoms with E-state index in [1.54, 1.807) is 6.07 Å². The van der Waals surface area contributed by atoms with Crippen LogP contribution in [0.25, 0.3) is 0 Å². The largest absolute Gasteiger partial charge is 0.326 e. The van der Waals surface area contributed by atoms with Crippen molar-refractivity contribution in [3.8, 4) is 0 Å². The van der Waals surface area contributed by atoms with Crippen LogP contribution >= 0.6 is 0 Å². The first-order valence-corrected chi connectivity index (χ1v) is 8.51. The van der Waals surface area contributed by atoms with Crippen LogP contribution in [0.5, 0.6) is 0 Å². The number of benzene rings is 1. The summed E-state index contributed by atoms with van der Waals surface area (Å²) in [5.74, 6) is -0.142. The Labute approximate surface area is 144 Å². The molecule has 0 radical (unpaired) electrons. The van der Waals surface area contributed by atoms with Gasteiger partial charge < -0.3 is 15.5 Å². The first kappa shape index (κ1) is 18.4. The summed E-state index contributed by atoms with van der Waals surface area (Å²) >= 11 is 0. The quantitative estimate of drug-likeness (QED) is 0.864. The van der Waals surface area contributed by atoms with Gasteiger partial charge in [-0.3, -0.25) is 14.5 Å². The number of hydrogen-bond donors (Lipinski definition) is 2. The molecule has 0 spiro atoms. The summed E-state index contributed by atoms with van der Waals surface area (Å²) in [6.45, 7) is 9.39. The van der Waals surface area contributed by atoms with Crippen molar-refractivity contribution in [1.29, 1.82) is 0 Å². The molecule has 24 heavy (non-hydrogen) atoms. The number of carbonyl (C=O) groups excluding carboxylic acids is 2. The number of nitrogens with one attached hydrogen (secondary N) is 2. The van der Waals surface area contributed by atoms with Crippen LogP contribution in [0.2, 0.25) is 0 Å². The molecule has 0 unspecified atom stereocenters. The van der Waals surface area contributed by atoms with Crippen molar-refractivity contribution in [3.05, 3.63) is 24.3 Å². The lowest BCUT2D eigenvalue weighted by molar-refractivity contribution is -0.121. The predicted molar refractivity (Wildman–Crippen MR) is 97.1 cm³/mol. The summed E-state index contributed by atoms with van der Waals surface area (Å²) in [5.41, 5.74) is 1.39. The number of likely N-dealkylation sites (N-methyl/N-ethyl adjacent to an activating group) is 1. The number of carbonyl (C=O) groups is 2. The van der Waals surface area contributed by atoms with Crippen molar-refractivity contribution >= 4 is 23.2 Å². The van der Waals surface area contributed by atoms with Gasteiger partial charge in [-0.1, -0.05) is 19.9 Å².